The number of anilines is 1. The van der Waals surface area contributed by atoms with E-state index in [4.69, 9.17) is 23.2 Å². The summed E-state index contributed by atoms with van der Waals surface area (Å²) in [6.07, 6.45) is 0. The van der Waals surface area contributed by atoms with Crippen molar-refractivity contribution >= 4 is 40.5 Å². The minimum atomic E-state index is -0.474. The molecule has 1 amide bonds. The lowest BCUT2D eigenvalue weighted by molar-refractivity contribution is -0.385. The number of carbonyl (C=O) groups excluding carboxylic acids is 1. The molecule has 0 unspecified atom stereocenters. The van der Waals surface area contributed by atoms with E-state index < -0.39 is 4.92 Å². The largest absolute Gasteiger partial charge is 0.319 e. The molecule has 0 fully saturated rings. The number of aryl methyl sites for hydroxylation is 2. The van der Waals surface area contributed by atoms with Gasteiger partial charge in [-0.05, 0) is 50.6 Å². The number of hydrogen-bond acceptors (Lipinski definition) is 4. The summed E-state index contributed by atoms with van der Waals surface area (Å²) in [7, 11) is 0. The molecule has 0 bridgehead atoms. The second-order valence-electron chi connectivity index (χ2n) is 6.66. The van der Waals surface area contributed by atoms with Gasteiger partial charge in [-0.25, -0.2) is 0 Å². The summed E-state index contributed by atoms with van der Waals surface area (Å²) in [6.45, 7) is 5.72. The molecule has 0 radical (unpaired) electrons. The van der Waals surface area contributed by atoms with Crippen LogP contribution in [-0.4, -0.2) is 20.6 Å². The molecule has 1 N–H and O–H groups in total. The SMILES string of the molecule is Cc1cc(C(=O)Nc2c(C)nn(Cc3ccc(Cl)c(Cl)c3)c2C)ccc1[N+](=O)[O-]. The van der Waals surface area contributed by atoms with Crippen LogP contribution in [0.15, 0.2) is 36.4 Å². The fourth-order valence-electron chi connectivity index (χ4n) is 3.03. The van der Waals surface area contributed by atoms with Gasteiger partial charge in [-0.2, -0.15) is 5.10 Å². The van der Waals surface area contributed by atoms with Crippen LogP contribution in [0.2, 0.25) is 10.0 Å². The normalized spacial score (nSPS) is 10.8. The molecule has 9 heteroatoms. The highest BCUT2D eigenvalue weighted by Gasteiger charge is 2.18. The zero-order chi connectivity index (χ0) is 21.3. The summed E-state index contributed by atoms with van der Waals surface area (Å²) in [5.74, 6) is -0.358. The van der Waals surface area contributed by atoms with Gasteiger partial charge in [-0.15, -0.1) is 0 Å². The minimum Gasteiger partial charge on any atom is -0.319 e. The molecular formula is C20H18Cl2N4O3. The van der Waals surface area contributed by atoms with E-state index in [1.165, 1.54) is 18.2 Å². The Kier molecular flexibility index (Phi) is 5.91. The van der Waals surface area contributed by atoms with Gasteiger partial charge in [0.1, 0.15) is 0 Å². The number of halogens is 2. The van der Waals surface area contributed by atoms with E-state index in [1.54, 1.807) is 30.7 Å². The Balaban J connectivity index is 1.83. The predicted octanol–water partition coefficient (Wildman–Crippen LogP) is 5.32. The van der Waals surface area contributed by atoms with Gasteiger partial charge in [0.05, 0.1) is 38.6 Å². The Morgan fingerprint density at radius 1 is 1.14 bits per heavy atom. The molecule has 29 heavy (non-hydrogen) atoms. The fraction of sp³-hybridized carbons (Fsp3) is 0.200. The van der Waals surface area contributed by atoms with Crippen LogP contribution < -0.4 is 5.32 Å². The quantitative estimate of drug-likeness (QED) is 0.435. The zero-order valence-electron chi connectivity index (χ0n) is 16.0. The van der Waals surface area contributed by atoms with Crippen LogP contribution in [0.5, 0.6) is 0 Å². The number of nitrogens with one attached hydrogen (secondary N) is 1. The average molecular weight is 433 g/mol. The van der Waals surface area contributed by atoms with Crippen LogP contribution in [-0.2, 0) is 6.54 Å². The van der Waals surface area contributed by atoms with Gasteiger partial charge in [-0.3, -0.25) is 19.6 Å². The highest BCUT2D eigenvalue weighted by atomic mass is 35.5. The van der Waals surface area contributed by atoms with E-state index >= 15 is 0 Å². The van der Waals surface area contributed by atoms with Crippen molar-refractivity contribution in [2.24, 2.45) is 0 Å². The van der Waals surface area contributed by atoms with E-state index in [9.17, 15) is 14.9 Å². The molecule has 2 aromatic carbocycles. The zero-order valence-corrected chi connectivity index (χ0v) is 17.5. The van der Waals surface area contributed by atoms with Gasteiger partial charge in [0, 0.05) is 17.2 Å². The van der Waals surface area contributed by atoms with E-state index in [1.807, 2.05) is 13.0 Å². The Bertz CT molecular complexity index is 1130. The number of aromatic nitrogens is 2. The number of nitrogens with zero attached hydrogens (tertiary/aromatic N) is 3. The van der Waals surface area contributed by atoms with Gasteiger partial charge in [0.15, 0.2) is 0 Å². The van der Waals surface area contributed by atoms with Gasteiger partial charge < -0.3 is 5.32 Å². The predicted molar refractivity (Wildman–Crippen MR) is 113 cm³/mol. The monoisotopic (exact) mass is 432 g/mol. The molecule has 1 heterocycles. The maximum Gasteiger partial charge on any atom is 0.272 e. The van der Waals surface area contributed by atoms with E-state index in [-0.39, 0.29) is 11.6 Å². The van der Waals surface area contributed by atoms with Crippen molar-refractivity contribution in [3.63, 3.8) is 0 Å². The minimum absolute atomic E-state index is 0.0247. The lowest BCUT2D eigenvalue weighted by Gasteiger charge is -2.08. The summed E-state index contributed by atoms with van der Waals surface area (Å²) in [4.78, 5) is 23.1. The van der Waals surface area contributed by atoms with Crippen LogP contribution in [0.3, 0.4) is 0 Å². The summed E-state index contributed by atoms with van der Waals surface area (Å²) in [6, 6.07) is 9.63. The maximum absolute atomic E-state index is 12.7. The van der Waals surface area contributed by atoms with Gasteiger partial charge in [0.2, 0.25) is 0 Å². The van der Waals surface area contributed by atoms with Crippen molar-refractivity contribution in [2.75, 3.05) is 5.32 Å². The lowest BCUT2D eigenvalue weighted by atomic mass is 10.1. The number of nitro benzene ring substituents is 1. The molecule has 0 saturated heterocycles. The molecule has 0 spiro atoms. The number of hydrogen-bond donors (Lipinski definition) is 1. The smallest absolute Gasteiger partial charge is 0.272 e. The first-order valence-corrected chi connectivity index (χ1v) is 9.47. The number of nitro groups is 1. The molecule has 0 saturated carbocycles. The van der Waals surface area contributed by atoms with E-state index in [0.29, 0.717) is 39.1 Å². The molecule has 150 valence electrons. The number of carbonyl (C=O) groups is 1. The van der Waals surface area contributed by atoms with Gasteiger partial charge in [0.25, 0.3) is 11.6 Å². The van der Waals surface area contributed by atoms with Gasteiger partial charge in [-0.1, -0.05) is 29.3 Å². The summed E-state index contributed by atoms with van der Waals surface area (Å²) < 4.78 is 1.77. The number of benzene rings is 2. The first-order chi connectivity index (χ1) is 13.7. The molecule has 0 aliphatic rings. The van der Waals surface area contributed by atoms with Crippen molar-refractivity contribution in [1.82, 2.24) is 9.78 Å². The molecule has 0 aliphatic heterocycles. The van der Waals surface area contributed by atoms with Crippen LogP contribution in [0, 0.1) is 30.9 Å². The molecule has 3 aromatic rings. The second kappa shape index (κ2) is 8.23. The molecular weight excluding hydrogens is 415 g/mol. The van der Waals surface area contributed by atoms with Crippen LogP contribution >= 0.6 is 23.2 Å². The van der Waals surface area contributed by atoms with Crippen LogP contribution in [0.25, 0.3) is 0 Å². The first-order valence-electron chi connectivity index (χ1n) is 8.71. The Morgan fingerprint density at radius 3 is 2.48 bits per heavy atom. The first kappa shape index (κ1) is 20.8. The Morgan fingerprint density at radius 2 is 1.86 bits per heavy atom. The van der Waals surface area contributed by atoms with E-state index in [2.05, 4.69) is 10.4 Å². The third-order valence-electron chi connectivity index (χ3n) is 4.59. The topological polar surface area (TPSA) is 90.1 Å². The van der Waals surface area contributed by atoms with Gasteiger partial charge >= 0.3 is 0 Å². The number of amides is 1. The fourth-order valence-corrected chi connectivity index (χ4v) is 3.35. The second-order valence-corrected chi connectivity index (χ2v) is 7.48. The number of rotatable bonds is 5. The van der Waals surface area contributed by atoms with E-state index in [0.717, 1.165) is 11.3 Å². The lowest BCUT2D eigenvalue weighted by Crippen LogP contribution is -2.14. The molecule has 1 aromatic heterocycles. The van der Waals surface area contributed by atoms with Crippen LogP contribution in [0.4, 0.5) is 11.4 Å². The van der Waals surface area contributed by atoms with Crippen molar-refractivity contribution in [3.8, 4) is 0 Å². The molecule has 3 rings (SSSR count). The van der Waals surface area contributed by atoms with Crippen LogP contribution in [0.1, 0.15) is 32.9 Å². The molecule has 0 aliphatic carbocycles. The summed E-state index contributed by atoms with van der Waals surface area (Å²) >= 11 is 12.0. The third-order valence-corrected chi connectivity index (χ3v) is 5.33. The van der Waals surface area contributed by atoms with Crippen molar-refractivity contribution in [2.45, 2.75) is 27.3 Å². The standard InChI is InChI=1S/C20H18Cl2N4O3/c1-11-8-15(5-7-18(11)26(28)29)20(27)23-19-12(2)24-25(13(19)3)10-14-4-6-16(21)17(22)9-14/h4-9H,10H2,1-3H3,(H,23,27). The average Bonchev–Trinajstić information content (AvgIpc) is 2.91. The molecule has 0 atom stereocenters. The highest BCUT2D eigenvalue weighted by molar-refractivity contribution is 6.42. The third kappa shape index (κ3) is 4.41. The Hall–Kier alpha value is -2.90. The molecule has 7 nitrogen and oxygen atoms in total. The summed E-state index contributed by atoms with van der Waals surface area (Å²) in [5, 5.41) is 19.3. The van der Waals surface area contributed by atoms with Crippen molar-refractivity contribution < 1.29 is 9.72 Å². The van der Waals surface area contributed by atoms with Crippen molar-refractivity contribution in [1.29, 1.82) is 0 Å². The van der Waals surface area contributed by atoms with Crippen molar-refractivity contribution in [3.05, 3.63) is 84.6 Å². The highest BCUT2D eigenvalue weighted by Crippen LogP contribution is 2.26. The summed E-state index contributed by atoms with van der Waals surface area (Å²) in [5.41, 5.74) is 3.70. The Labute approximate surface area is 177 Å². The maximum atomic E-state index is 12.7.